The summed E-state index contributed by atoms with van der Waals surface area (Å²) in [6.07, 6.45) is 2.77. The van der Waals surface area contributed by atoms with E-state index in [2.05, 4.69) is 16.5 Å². The van der Waals surface area contributed by atoms with Crippen LogP contribution in [0.15, 0.2) is 29.2 Å². The highest BCUT2D eigenvalue weighted by atomic mass is 32.2. The molecule has 0 bridgehead atoms. The van der Waals surface area contributed by atoms with E-state index in [-0.39, 0.29) is 16.8 Å². The lowest BCUT2D eigenvalue weighted by atomic mass is 10.2. The van der Waals surface area contributed by atoms with Crippen molar-refractivity contribution >= 4 is 15.9 Å². The van der Waals surface area contributed by atoms with Crippen LogP contribution in [-0.2, 0) is 10.0 Å². The van der Waals surface area contributed by atoms with Crippen LogP contribution in [0.5, 0.6) is 0 Å². The van der Waals surface area contributed by atoms with Gasteiger partial charge in [-0.15, -0.1) is 0 Å². The van der Waals surface area contributed by atoms with Crippen molar-refractivity contribution in [1.29, 1.82) is 0 Å². The van der Waals surface area contributed by atoms with Crippen molar-refractivity contribution in [2.24, 2.45) is 0 Å². The molecule has 2 aliphatic rings. The van der Waals surface area contributed by atoms with E-state index >= 15 is 0 Å². The lowest BCUT2D eigenvalue weighted by Gasteiger charge is -2.21. The number of amides is 1. The number of sulfonamides is 1. The molecule has 1 aromatic rings. The molecule has 0 radical (unpaired) electrons. The Bertz CT molecular complexity index is 684. The first-order chi connectivity index (χ1) is 11.5. The third-order valence-corrected chi connectivity index (χ3v) is 6.17. The average Bonchev–Trinajstić information content (AvgIpc) is 3.40. The van der Waals surface area contributed by atoms with Crippen molar-refractivity contribution in [1.82, 2.24) is 14.5 Å². The minimum absolute atomic E-state index is 0.0212. The van der Waals surface area contributed by atoms with Crippen LogP contribution >= 0.6 is 0 Å². The van der Waals surface area contributed by atoms with Gasteiger partial charge in [0.2, 0.25) is 10.0 Å². The predicted octanol–water partition coefficient (Wildman–Crippen LogP) is 1.30. The van der Waals surface area contributed by atoms with E-state index in [4.69, 9.17) is 0 Å². The Morgan fingerprint density at radius 2 is 1.83 bits per heavy atom. The first kappa shape index (κ1) is 17.4. The molecule has 1 heterocycles. The zero-order valence-corrected chi connectivity index (χ0v) is 14.9. The van der Waals surface area contributed by atoms with E-state index in [1.54, 1.807) is 12.1 Å². The standard InChI is InChI=1S/C17H25N3O3S/c1-2-19-10-3-11-20(13-12-19)17(21)14-4-8-16(9-5-14)24(22,23)18-15-6-7-15/h4-5,8-9,15,18H,2-3,6-7,10-13H2,1H3. The topological polar surface area (TPSA) is 69.7 Å². The van der Waals surface area contributed by atoms with Crippen LogP contribution in [0.2, 0.25) is 0 Å². The molecule has 1 aromatic carbocycles. The van der Waals surface area contributed by atoms with Crippen molar-refractivity contribution in [3.63, 3.8) is 0 Å². The first-order valence-electron chi connectivity index (χ1n) is 8.63. The number of benzene rings is 1. The molecule has 0 atom stereocenters. The van der Waals surface area contributed by atoms with Crippen LogP contribution in [0, 0.1) is 0 Å². The van der Waals surface area contributed by atoms with Crippen molar-refractivity contribution in [3.05, 3.63) is 29.8 Å². The summed E-state index contributed by atoms with van der Waals surface area (Å²) in [5.74, 6) is -0.0212. The summed E-state index contributed by atoms with van der Waals surface area (Å²) in [5, 5.41) is 0. The smallest absolute Gasteiger partial charge is 0.253 e. The minimum atomic E-state index is -3.46. The Kier molecular flexibility index (Phi) is 5.22. The second-order valence-corrected chi connectivity index (χ2v) is 8.21. The zero-order chi connectivity index (χ0) is 17.2. The molecule has 1 aliphatic heterocycles. The van der Waals surface area contributed by atoms with Gasteiger partial charge < -0.3 is 9.80 Å². The fraction of sp³-hybridized carbons (Fsp3) is 0.588. The predicted molar refractivity (Wildman–Crippen MR) is 92.4 cm³/mol. The maximum atomic E-state index is 12.6. The van der Waals surface area contributed by atoms with Crippen LogP contribution < -0.4 is 4.72 Å². The molecule has 24 heavy (non-hydrogen) atoms. The molecular formula is C17H25N3O3S. The van der Waals surface area contributed by atoms with E-state index in [9.17, 15) is 13.2 Å². The highest BCUT2D eigenvalue weighted by molar-refractivity contribution is 7.89. The summed E-state index contributed by atoms with van der Waals surface area (Å²) in [5.41, 5.74) is 0.547. The van der Waals surface area contributed by atoms with Gasteiger partial charge in [0.1, 0.15) is 0 Å². The summed E-state index contributed by atoms with van der Waals surface area (Å²) < 4.78 is 27.0. The largest absolute Gasteiger partial charge is 0.337 e. The number of nitrogens with zero attached hydrogens (tertiary/aromatic N) is 2. The van der Waals surface area contributed by atoms with Gasteiger partial charge in [-0.05, 0) is 56.6 Å². The van der Waals surface area contributed by atoms with E-state index < -0.39 is 10.0 Å². The van der Waals surface area contributed by atoms with Gasteiger partial charge in [0.05, 0.1) is 4.90 Å². The van der Waals surface area contributed by atoms with Crippen molar-refractivity contribution < 1.29 is 13.2 Å². The Hall–Kier alpha value is -1.44. The van der Waals surface area contributed by atoms with Gasteiger partial charge in [-0.2, -0.15) is 0 Å². The highest BCUT2D eigenvalue weighted by Crippen LogP contribution is 2.22. The number of hydrogen-bond donors (Lipinski definition) is 1. The quantitative estimate of drug-likeness (QED) is 0.868. The maximum Gasteiger partial charge on any atom is 0.253 e. The molecule has 2 fully saturated rings. The average molecular weight is 351 g/mol. The number of carbonyl (C=O) groups is 1. The van der Waals surface area contributed by atoms with E-state index in [1.807, 2.05) is 4.90 Å². The summed E-state index contributed by atoms with van der Waals surface area (Å²) >= 11 is 0. The lowest BCUT2D eigenvalue weighted by Crippen LogP contribution is -2.35. The molecule has 0 unspecified atom stereocenters. The van der Waals surface area contributed by atoms with Gasteiger partial charge >= 0.3 is 0 Å². The summed E-state index contributed by atoms with van der Waals surface area (Å²) in [6.45, 7) is 6.51. The number of likely N-dealkylation sites (N-methyl/N-ethyl adjacent to an activating group) is 1. The molecule has 7 heteroatoms. The monoisotopic (exact) mass is 351 g/mol. The Morgan fingerprint density at radius 1 is 1.12 bits per heavy atom. The van der Waals surface area contributed by atoms with Crippen LogP contribution in [-0.4, -0.2) is 62.9 Å². The van der Waals surface area contributed by atoms with E-state index in [0.29, 0.717) is 5.56 Å². The number of carbonyl (C=O) groups excluding carboxylic acids is 1. The number of nitrogens with one attached hydrogen (secondary N) is 1. The van der Waals surface area contributed by atoms with Crippen LogP contribution in [0.1, 0.15) is 36.5 Å². The van der Waals surface area contributed by atoms with Crippen LogP contribution in [0.3, 0.4) is 0 Å². The third-order valence-electron chi connectivity index (χ3n) is 4.63. The maximum absolute atomic E-state index is 12.6. The molecule has 0 spiro atoms. The minimum Gasteiger partial charge on any atom is -0.337 e. The molecule has 1 aliphatic carbocycles. The fourth-order valence-corrected chi connectivity index (χ4v) is 4.24. The molecule has 1 saturated heterocycles. The normalized spacial score (nSPS) is 20.0. The Labute approximate surface area is 143 Å². The molecule has 0 aromatic heterocycles. The van der Waals surface area contributed by atoms with Gasteiger partial charge in [-0.25, -0.2) is 13.1 Å². The summed E-state index contributed by atoms with van der Waals surface area (Å²) in [4.78, 5) is 17.1. The molecule has 6 nitrogen and oxygen atoms in total. The van der Waals surface area contributed by atoms with Gasteiger partial charge in [-0.1, -0.05) is 6.92 Å². The van der Waals surface area contributed by atoms with Crippen LogP contribution in [0.25, 0.3) is 0 Å². The summed E-state index contributed by atoms with van der Waals surface area (Å²) in [6, 6.07) is 6.36. The molecular weight excluding hydrogens is 326 g/mol. The van der Waals surface area contributed by atoms with Gasteiger partial charge in [0, 0.05) is 31.2 Å². The lowest BCUT2D eigenvalue weighted by molar-refractivity contribution is 0.0761. The Balaban J connectivity index is 1.67. The highest BCUT2D eigenvalue weighted by Gasteiger charge is 2.28. The molecule has 1 saturated carbocycles. The number of rotatable bonds is 5. The molecule has 1 amide bonds. The van der Waals surface area contributed by atoms with Crippen LogP contribution in [0.4, 0.5) is 0 Å². The number of hydrogen-bond acceptors (Lipinski definition) is 4. The Morgan fingerprint density at radius 3 is 2.46 bits per heavy atom. The van der Waals surface area contributed by atoms with Gasteiger partial charge in [0.15, 0.2) is 0 Å². The van der Waals surface area contributed by atoms with Gasteiger partial charge in [0.25, 0.3) is 5.91 Å². The van der Waals surface area contributed by atoms with Crippen molar-refractivity contribution in [2.45, 2.75) is 37.1 Å². The van der Waals surface area contributed by atoms with Crippen molar-refractivity contribution in [2.75, 3.05) is 32.7 Å². The van der Waals surface area contributed by atoms with Crippen molar-refractivity contribution in [3.8, 4) is 0 Å². The third kappa shape index (κ3) is 4.15. The zero-order valence-electron chi connectivity index (χ0n) is 14.1. The summed E-state index contributed by atoms with van der Waals surface area (Å²) in [7, 11) is -3.46. The molecule has 3 rings (SSSR count). The van der Waals surface area contributed by atoms with Gasteiger partial charge in [-0.3, -0.25) is 4.79 Å². The SMILES string of the molecule is CCN1CCCN(C(=O)c2ccc(S(=O)(=O)NC3CC3)cc2)CC1. The second-order valence-electron chi connectivity index (χ2n) is 6.50. The second kappa shape index (κ2) is 7.21. The van der Waals surface area contributed by atoms with E-state index in [0.717, 1.165) is 52.0 Å². The molecule has 1 N–H and O–H groups in total. The van der Waals surface area contributed by atoms with E-state index in [1.165, 1.54) is 12.1 Å². The first-order valence-corrected chi connectivity index (χ1v) is 10.1. The molecule has 132 valence electrons. The fourth-order valence-electron chi connectivity index (χ4n) is 2.94.